The Morgan fingerprint density at radius 2 is 1.00 bits per heavy atom. The predicted molar refractivity (Wildman–Crippen MR) is 223 cm³/mol. The fourth-order valence-electron chi connectivity index (χ4n) is 9.65. The first-order chi connectivity index (χ1) is 25.1. The van der Waals surface area contributed by atoms with E-state index in [4.69, 9.17) is 0 Å². The van der Waals surface area contributed by atoms with Crippen LogP contribution in [-0.2, 0) is 25.7 Å². The molecule has 4 aliphatic carbocycles. The maximum absolute atomic E-state index is 2.64. The Morgan fingerprint density at radius 1 is 0.549 bits per heavy atom. The van der Waals surface area contributed by atoms with Crippen molar-refractivity contribution in [2.45, 2.75) is 76.3 Å². The Balaban J connectivity index is 1.04. The highest BCUT2D eigenvalue weighted by molar-refractivity contribution is 7.13. The van der Waals surface area contributed by atoms with Crippen molar-refractivity contribution in [2.24, 2.45) is 0 Å². The van der Waals surface area contributed by atoms with Gasteiger partial charge in [-0.3, -0.25) is 0 Å². The monoisotopic (exact) mass is 710 g/mol. The molecule has 2 aromatic heterocycles. The molecule has 2 unspecified atom stereocenters. The summed E-state index contributed by atoms with van der Waals surface area (Å²) in [5.74, 6) is 0.892. The van der Waals surface area contributed by atoms with Gasteiger partial charge < -0.3 is 0 Å². The minimum atomic E-state index is 0.446. The molecule has 0 bridgehead atoms. The lowest BCUT2D eigenvalue weighted by Gasteiger charge is -2.22. The van der Waals surface area contributed by atoms with Gasteiger partial charge in [0.15, 0.2) is 0 Å². The summed E-state index contributed by atoms with van der Waals surface area (Å²) in [5.41, 5.74) is 21.5. The van der Waals surface area contributed by atoms with E-state index in [0.717, 1.165) is 9.52 Å². The largest absolute Gasteiger partial charge is 0.141 e. The molecule has 0 aliphatic heterocycles. The third-order valence-corrected chi connectivity index (χ3v) is 15.4. The standard InChI is InChI=1S/C48H42S2Si/c1-29-19-21-45(49-29)39-25-41-37(23-33-15-9-17-35(33)47(41)31-11-5-3-6-12-31)43(39)27-51-28-44-38-24-34-16-10-18-36(34)48(32-13-7-4-8-14-32)42(38)26-40(44)46-22-20-30(2)50-46/h3-8,11-14,19-26,43-44H,9-10,15-18,27-28H2,1-2H3. The summed E-state index contributed by atoms with van der Waals surface area (Å²) in [6.07, 6.45) is 12.6. The molecule has 250 valence electrons. The second-order valence-corrected chi connectivity index (χ2v) is 18.9. The van der Waals surface area contributed by atoms with Gasteiger partial charge in [-0.25, -0.2) is 0 Å². The van der Waals surface area contributed by atoms with E-state index >= 15 is 0 Å². The van der Waals surface area contributed by atoms with E-state index < -0.39 is 0 Å². The van der Waals surface area contributed by atoms with E-state index in [0.29, 0.717) is 11.8 Å². The molecule has 10 rings (SSSR count). The minimum Gasteiger partial charge on any atom is -0.141 e. The normalized spacial score (nSPS) is 18.4. The summed E-state index contributed by atoms with van der Waals surface area (Å²) in [7, 11) is 0.874. The van der Waals surface area contributed by atoms with Crippen LogP contribution in [0.3, 0.4) is 0 Å². The first kappa shape index (κ1) is 31.7. The molecule has 2 heterocycles. The van der Waals surface area contributed by atoms with Crippen molar-refractivity contribution in [2.75, 3.05) is 0 Å². The number of benzene rings is 4. The van der Waals surface area contributed by atoms with Gasteiger partial charge in [-0.15, -0.1) is 22.7 Å². The van der Waals surface area contributed by atoms with Crippen molar-refractivity contribution < 1.29 is 0 Å². The average Bonchev–Trinajstić information content (AvgIpc) is 4.01. The molecule has 0 N–H and O–H groups in total. The van der Waals surface area contributed by atoms with Gasteiger partial charge in [0.1, 0.15) is 0 Å². The fourth-order valence-corrected chi connectivity index (χ4v) is 13.1. The molecule has 4 aromatic carbocycles. The average molecular weight is 711 g/mol. The zero-order chi connectivity index (χ0) is 34.1. The summed E-state index contributed by atoms with van der Waals surface area (Å²) in [4.78, 5) is 5.72. The zero-order valence-corrected chi connectivity index (χ0v) is 32.2. The van der Waals surface area contributed by atoms with Crippen molar-refractivity contribution in [1.82, 2.24) is 0 Å². The van der Waals surface area contributed by atoms with Crippen LogP contribution in [0.25, 0.3) is 45.6 Å². The highest BCUT2D eigenvalue weighted by Crippen LogP contribution is 2.54. The van der Waals surface area contributed by atoms with Crippen LogP contribution in [0.4, 0.5) is 0 Å². The molecule has 0 amide bonds. The summed E-state index contributed by atoms with van der Waals surface area (Å²) < 4.78 is 0. The van der Waals surface area contributed by atoms with Gasteiger partial charge >= 0.3 is 0 Å². The van der Waals surface area contributed by atoms with Crippen molar-refractivity contribution in [3.05, 3.63) is 161 Å². The van der Waals surface area contributed by atoms with E-state index in [1.54, 1.807) is 44.5 Å². The second kappa shape index (κ2) is 12.9. The number of aryl methyl sites for hydroxylation is 4. The molecule has 2 radical (unpaired) electrons. The maximum Gasteiger partial charge on any atom is 0.0397 e. The Morgan fingerprint density at radius 3 is 1.41 bits per heavy atom. The molecule has 6 aromatic rings. The Kier molecular flexibility index (Phi) is 8.00. The van der Waals surface area contributed by atoms with Crippen molar-refractivity contribution in [3.63, 3.8) is 0 Å². The molecule has 0 nitrogen and oxygen atoms in total. The van der Waals surface area contributed by atoms with Crippen molar-refractivity contribution >= 4 is 55.5 Å². The van der Waals surface area contributed by atoms with Gasteiger partial charge in [0.05, 0.1) is 0 Å². The van der Waals surface area contributed by atoms with E-state index in [2.05, 4.69) is 123 Å². The van der Waals surface area contributed by atoms with Gasteiger partial charge in [-0.1, -0.05) is 84.9 Å². The molecule has 51 heavy (non-hydrogen) atoms. The van der Waals surface area contributed by atoms with Gasteiger partial charge in [0.25, 0.3) is 0 Å². The first-order valence-electron chi connectivity index (χ1n) is 18.9. The Hall–Kier alpha value is -4.02. The van der Waals surface area contributed by atoms with Crippen LogP contribution in [-0.4, -0.2) is 9.52 Å². The highest BCUT2D eigenvalue weighted by atomic mass is 32.1. The lowest BCUT2D eigenvalue weighted by atomic mass is 9.87. The highest BCUT2D eigenvalue weighted by Gasteiger charge is 2.35. The molecule has 3 heteroatoms. The summed E-state index contributed by atoms with van der Waals surface area (Å²) in [5, 5.41) is 0. The van der Waals surface area contributed by atoms with Gasteiger partial charge in [-0.05, 0) is 167 Å². The van der Waals surface area contributed by atoms with Crippen LogP contribution in [0.15, 0.2) is 97.1 Å². The van der Waals surface area contributed by atoms with Crippen LogP contribution in [0.5, 0.6) is 0 Å². The lowest BCUT2D eigenvalue weighted by Crippen LogP contribution is -2.08. The van der Waals surface area contributed by atoms with E-state index in [9.17, 15) is 0 Å². The molecule has 0 spiro atoms. The smallest absolute Gasteiger partial charge is 0.0397 e. The second-order valence-electron chi connectivity index (χ2n) is 15.0. The number of allylic oxidation sites excluding steroid dienone is 2. The lowest BCUT2D eigenvalue weighted by molar-refractivity contribution is 0.910. The topological polar surface area (TPSA) is 0 Å². The van der Waals surface area contributed by atoms with Crippen LogP contribution >= 0.6 is 22.7 Å². The number of fused-ring (bicyclic) bond motifs is 4. The maximum atomic E-state index is 2.64. The van der Waals surface area contributed by atoms with Crippen LogP contribution < -0.4 is 0 Å². The van der Waals surface area contributed by atoms with Gasteiger partial charge in [-0.2, -0.15) is 0 Å². The van der Waals surface area contributed by atoms with Crippen molar-refractivity contribution in [3.8, 4) is 22.3 Å². The predicted octanol–water partition coefficient (Wildman–Crippen LogP) is 13.3. The number of thiophene rings is 2. The molecule has 2 atom stereocenters. The third-order valence-electron chi connectivity index (χ3n) is 11.9. The SMILES string of the molecule is Cc1ccc(C2=Cc3c(cc4c(c3-c3ccccc3)CCC4)C2C[Si]CC2C(c3ccc(C)s3)=Cc3c2cc2c(c3-c3ccccc3)CCC2)s1. The van der Waals surface area contributed by atoms with Gasteiger partial charge in [0.2, 0.25) is 0 Å². The minimum absolute atomic E-state index is 0.446. The van der Waals surface area contributed by atoms with Crippen LogP contribution in [0.1, 0.15) is 88.7 Å². The number of rotatable bonds is 8. The molecule has 4 aliphatic rings. The van der Waals surface area contributed by atoms with Crippen LogP contribution in [0, 0.1) is 13.8 Å². The fraction of sp³-hybridized carbons (Fsp3) is 0.250. The zero-order valence-electron chi connectivity index (χ0n) is 29.5. The molecule has 0 fully saturated rings. The van der Waals surface area contributed by atoms with Crippen LogP contribution in [0.2, 0.25) is 12.1 Å². The van der Waals surface area contributed by atoms with Crippen molar-refractivity contribution in [1.29, 1.82) is 0 Å². The van der Waals surface area contributed by atoms with Gasteiger partial charge in [0, 0.05) is 40.9 Å². The molecule has 0 saturated carbocycles. The van der Waals surface area contributed by atoms with E-state index in [1.165, 1.54) is 104 Å². The molecular weight excluding hydrogens is 669 g/mol. The number of hydrogen-bond donors (Lipinski definition) is 0. The summed E-state index contributed by atoms with van der Waals surface area (Å²) in [6.45, 7) is 4.52. The van der Waals surface area contributed by atoms with E-state index in [-0.39, 0.29) is 0 Å². The molecule has 0 saturated heterocycles. The molecular formula is C48H42S2Si. The summed E-state index contributed by atoms with van der Waals surface area (Å²) in [6, 6.07) is 39.7. The quantitative estimate of drug-likeness (QED) is 0.138. The Bertz CT molecular complexity index is 2200. The number of hydrogen-bond acceptors (Lipinski definition) is 2. The third kappa shape index (κ3) is 5.43. The Labute approximate surface area is 313 Å². The summed E-state index contributed by atoms with van der Waals surface area (Å²) >= 11 is 3.95. The first-order valence-corrected chi connectivity index (χ1v) is 21.9. The van der Waals surface area contributed by atoms with E-state index in [1.807, 2.05) is 22.7 Å².